The van der Waals surface area contributed by atoms with Crippen LogP contribution in [0.3, 0.4) is 0 Å². The van der Waals surface area contributed by atoms with E-state index in [1.807, 2.05) is 0 Å². The van der Waals surface area contributed by atoms with E-state index in [1.54, 1.807) is 38.1 Å². The lowest BCUT2D eigenvalue weighted by Crippen LogP contribution is -2.30. The van der Waals surface area contributed by atoms with Crippen LogP contribution < -0.4 is 5.32 Å². The van der Waals surface area contributed by atoms with Gasteiger partial charge in [-0.25, -0.2) is 8.42 Å². The quantitative estimate of drug-likeness (QED) is 0.527. The highest BCUT2D eigenvalue weighted by molar-refractivity contribution is 7.89. The number of phenolic OH excluding ortho intramolecular Hbond substituents is 1. The standard InChI is InChI=1S/C20H20ClN3O5S/c1-3-24(4-2)30(27,28)15-8-9-18(25)16(11-15)22-20(26)17-12-19(29-23-17)13-6-5-7-14(21)10-13/h5-12,25H,3-4H2,1-2H3,(H,22,26). The maximum Gasteiger partial charge on any atom is 0.277 e. The molecule has 10 heteroatoms. The topological polar surface area (TPSA) is 113 Å². The van der Waals surface area contributed by atoms with Crippen molar-refractivity contribution in [3.63, 3.8) is 0 Å². The predicted molar refractivity (Wildman–Crippen MR) is 113 cm³/mol. The number of hydrogen-bond donors (Lipinski definition) is 2. The van der Waals surface area contributed by atoms with Gasteiger partial charge in [0.25, 0.3) is 5.91 Å². The Balaban J connectivity index is 1.85. The number of carbonyl (C=O) groups is 1. The fraction of sp³-hybridized carbons (Fsp3) is 0.200. The average Bonchev–Trinajstić information content (AvgIpc) is 3.20. The largest absolute Gasteiger partial charge is 0.506 e. The van der Waals surface area contributed by atoms with Gasteiger partial charge in [0.1, 0.15) is 5.75 Å². The molecular formula is C20H20ClN3O5S. The molecule has 1 amide bonds. The third-order valence-electron chi connectivity index (χ3n) is 4.41. The molecule has 30 heavy (non-hydrogen) atoms. The Bertz CT molecular complexity index is 1170. The van der Waals surface area contributed by atoms with E-state index in [2.05, 4.69) is 10.5 Å². The van der Waals surface area contributed by atoms with Crippen LogP contribution in [-0.2, 0) is 10.0 Å². The third-order valence-corrected chi connectivity index (χ3v) is 6.69. The number of rotatable bonds is 7. The van der Waals surface area contributed by atoms with E-state index >= 15 is 0 Å². The minimum atomic E-state index is -3.75. The Morgan fingerprint density at radius 1 is 1.17 bits per heavy atom. The Morgan fingerprint density at radius 3 is 2.57 bits per heavy atom. The first-order chi connectivity index (χ1) is 14.3. The van der Waals surface area contributed by atoms with Crippen LogP contribution in [0.5, 0.6) is 5.75 Å². The SMILES string of the molecule is CCN(CC)S(=O)(=O)c1ccc(O)c(NC(=O)c2cc(-c3cccc(Cl)c3)on2)c1. The van der Waals surface area contributed by atoms with Gasteiger partial charge in [-0.3, -0.25) is 4.79 Å². The van der Waals surface area contributed by atoms with Gasteiger partial charge >= 0.3 is 0 Å². The van der Waals surface area contributed by atoms with Crippen molar-refractivity contribution >= 4 is 33.2 Å². The van der Waals surface area contributed by atoms with Gasteiger partial charge in [0.2, 0.25) is 10.0 Å². The molecule has 0 bridgehead atoms. The van der Waals surface area contributed by atoms with Crippen LogP contribution in [0.4, 0.5) is 5.69 Å². The summed E-state index contributed by atoms with van der Waals surface area (Å²) in [7, 11) is -3.75. The van der Waals surface area contributed by atoms with Crippen LogP contribution >= 0.6 is 11.6 Å². The summed E-state index contributed by atoms with van der Waals surface area (Å²) in [5.41, 5.74) is 0.547. The number of halogens is 1. The second-order valence-corrected chi connectivity index (χ2v) is 8.68. The Kier molecular flexibility index (Phi) is 6.45. The summed E-state index contributed by atoms with van der Waals surface area (Å²) in [4.78, 5) is 12.5. The zero-order valence-electron chi connectivity index (χ0n) is 16.3. The van der Waals surface area contributed by atoms with E-state index in [0.717, 1.165) is 0 Å². The van der Waals surface area contributed by atoms with Crippen molar-refractivity contribution in [3.8, 4) is 17.1 Å². The molecular weight excluding hydrogens is 430 g/mol. The van der Waals surface area contributed by atoms with Crippen molar-refractivity contribution in [2.75, 3.05) is 18.4 Å². The van der Waals surface area contributed by atoms with Crippen LogP contribution in [0.25, 0.3) is 11.3 Å². The molecule has 0 aliphatic carbocycles. The molecule has 8 nitrogen and oxygen atoms in total. The number of amides is 1. The van der Waals surface area contributed by atoms with E-state index in [4.69, 9.17) is 16.1 Å². The molecule has 1 heterocycles. The summed E-state index contributed by atoms with van der Waals surface area (Å²) in [6.45, 7) is 4.05. The molecule has 0 radical (unpaired) electrons. The van der Waals surface area contributed by atoms with Crippen molar-refractivity contribution in [2.45, 2.75) is 18.7 Å². The molecule has 2 N–H and O–H groups in total. The van der Waals surface area contributed by atoms with Gasteiger partial charge in [-0.1, -0.05) is 42.7 Å². The fourth-order valence-corrected chi connectivity index (χ4v) is 4.51. The van der Waals surface area contributed by atoms with Crippen LogP contribution in [0.15, 0.2) is 57.9 Å². The summed E-state index contributed by atoms with van der Waals surface area (Å²) >= 11 is 5.96. The number of phenols is 1. The first-order valence-corrected chi connectivity index (χ1v) is 10.9. The van der Waals surface area contributed by atoms with Crippen LogP contribution in [0, 0.1) is 0 Å². The number of anilines is 1. The van der Waals surface area contributed by atoms with Gasteiger partial charge in [0, 0.05) is 29.7 Å². The van der Waals surface area contributed by atoms with Gasteiger partial charge in [-0.05, 0) is 30.3 Å². The molecule has 0 saturated carbocycles. The van der Waals surface area contributed by atoms with Crippen molar-refractivity contribution in [1.82, 2.24) is 9.46 Å². The number of aromatic hydroxyl groups is 1. The predicted octanol–water partition coefficient (Wildman–Crippen LogP) is 3.98. The molecule has 3 aromatic rings. The number of sulfonamides is 1. The lowest BCUT2D eigenvalue weighted by molar-refractivity contribution is 0.101. The maximum atomic E-state index is 12.7. The highest BCUT2D eigenvalue weighted by Gasteiger charge is 2.23. The molecule has 0 spiro atoms. The normalized spacial score (nSPS) is 11.6. The number of nitrogens with zero attached hydrogens (tertiary/aromatic N) is 2. The number of hydrogen-bond acceptors (Lipinski definition) is 6. The Morgan fingerprint density at radius 2 is 1.90 bits per heavy atom. The molecule has 2 aromatic carbocycles. The molecule has 158 valence electrons. The smallest absolute Gasteiger partial charge is 0.277 e. The van der Waals surface area contributed by atoms with Crippen LogP contribution in [0.1, 0.15) is 24.3 Å². The van der Waals surface area contributed by atoms with Gasteiger partial charge in [0.05, 0.1) is 10.6 Å². The summed E-state index contributed by atoms with van der Waals surface area (Å²) in [5, 5.41) is 16.8. The molecule has 0 unspecified atom stereocenters. The van der Waals surface area contributed by atoms with E-state index in [0.29, 0.717) is 29.4 Å². The van der Waals surface area contributed by atoms with Gasteiger partial charge in [-0.2, -0.15) is 4.31 Å². The lowest BCUT2D eigenvalue weighted by atomic mass is 10.1. The highest BCUT2D eigenvalue weighted by Crippen LogP contribution is 2.29. The second-order valence-electron chi connectivity index (χ2n) is 6.31. The first kappa shape index (κ1) is 21.8. The van der Waals surface area contributed by atoms with Crippen LogP contribution in [0.2, 0.25) is 5.02 Å². The zero-order chi connectivity index (χ0) is 21.9. The van der Waals surface area contributed by atoms with Gasteiger partial charge in [-0.15, -0.1) is 0 Å². The second kappa shape index (κ2) is 8.86. The Labute approximate surface area is 179 Å². The summed E-state index contributed by atoms with van der Waals surface area (Å²) < 4.78 is 31.9. The van der Waals surface area contributed by atoms with E-state index in [-0.39, 0.29) is 22.0 Å². The van der Waals surface area contributed by atoms with Gasteiger partial charge in [0.15, 0.2) is 11.5 Å². The van der Waals surface area contributed by atoms with E-state index < -0.39 is 15.9 Å². The maximum absolute atomic E-state index is 12.7. The van der Waals surface area contributed by atoms with Crippen molar-refractivity contribution < 1.29 is 22.8 Å². The number of aromatic nitrogens is 1. The molecule has 0 fully saturated rings. The third kappa shape index (κ3) is 4.48. The minimum absolute atomic E-state index is 0.0404. The minimum Gasteiger partial charge on any atom is -0.506 e. The lowest BCUT2D eigenvalue weighted by Gasteiger charge is -2.19. The Hall–Kier alpha value is -2.88. The van der Waals surface area contributed by atoms with E-state index in [9.17, 15) is 18.3 Å². The first-order valence-electron chi connectivity index (χ1n) is 9.13. The monoisotopic (exact) mass is 449 g/mol. The van der Waals surface area contributed by atoms with E-state index in [1.165, 1.54) is 28.6 Å². The fourth-order valence-electron chi connectivity index (χ4n) is 2.83. The molecule has 1 aromatic heterocycles. The van der Waals surface area contributed by atoms with Crippen LogP contribution in [-0.4, -0.2) is 42.0 Å². The summed E-state index contributed by atoms with van der Waals surface area (Å²) in [6, 6.07) is 12.0. The summed E-state index contributed by atoms with van der Waals surface area (Å²) in [6.07, 6.45) is 0. The number of nitrogens with one attached hydrogen (secondary N) is 1. The molecule has 3 rings (SSSR count). The zero-order valence-corrected chi connectivity index (χ0v) is 17.9. The highest BCUT2D eigenvalue weighted by atomic mass is 35.5. The average molecular weight is 450 g/mol. The number of benzene rings is 2. The molecule has 0 aliphatic rings. The van der Waals surface area contributed by atoms with Crippen molar-refractivity contribution in [3.05, 3.63) is 59.2 Å². The van der Waals surface area contributed by atoms with Crippen molar-refractivity contribution in [1.29, 1.82) is 0 Å². The molecule has 0 aliphatic heterocycles. The summed E-state index contributed by atoms with van der Waals surface area (Å²) in [5.74, 6) is -0.607. The molecule has 0 saturated heterocycles. The van der Waals surface area contributed by atoms with Gasteiger partial charge < -0.3 is 14.9 Å². The molecule has 0 atom stereocenters. The van der Waals surface area contributed by atoms with Crippen molar-refractivity contribution in [2.24, 2.45) is 0 Å². The number of carbonyl (C=O) groups excluding carboxylic acids is 1.